The lowest BCUT2D eigenvalue weighted by Gasteiger charge is -2.08. The smallest absolute Gasteiger partial charge is 0.139 e. The molecule has 0 aliphatic carbocycles. The molecular formula is C29H30F2O. The minimum absolute atomic E-state index is 0.300. The molecule has 3 heteroatoms. The van der Waals surface area contributed by atoms with Crippen molar-refractivity contribution in [1.29, 1.82) is 0 Å². The number of benzene rings is 3. The van der Waals surface area contributed by atoms with Crippen molar-refractivity contribution in [2.24, 2.45) is 0 Å². The Morgan fingerprint density at radius 2 is 1.34 bits per heavy atom. The number of aryl methyl sites for hydroxylation is 2. The lowest BCUT2D eigenvalue weighted by molar-refractivity contribution is 0.304. The number of unbranched alkanes of at least 4 members (excludes halogenated alkanes) is 4. The average Bonchev–Trinajstić information content (AvgIpc) is 2.78. The summed E-state index contributed by atoms with van der Waals surface area (Å²) in [5, 5.41) is 0. The van der Waals surface area contributed by atoms with Crippen LogP contribution in [0.4, 0.5) is 8.78 Å². The molecule has 0 saturated heterocycles. The standard InChI is InChI=1S/C29H30F2O/c1-4-5-6-7-8-17-32-27-16-15-23(22(3)18-27)11-12-24-13-14-26(20-29(24)31)25-10-9-21(2)28(30)19-25/h9-10,13-16,18-20H,4-8,17H2,1-3H3. The largest absolute Gasteiger partial charge is 0.494 e. The predicted molar refractivity (Wildman–Crippen MR) is 128 cm³/mol. The van der Waals surface area contributed by atoms with E-state index in [1.807, 2.05) is 25.1 Å². The second-order valence-electron chi connectivity index (χ2n) is 8.15. The van der Waals surface area contributed by atoms with Crippen molar-refractivity contribution in [2.45, 2.75) is 52.9 Å². The molecule has 0 saturated carbocycles. The first-order valence-electron chi connectivity index (χ1n) is 11.3. The fourth-order valence-electron chi connectivity index (χ4n) is 3.46. The minimum Gasteiger partial charge on any atom is -0.494 e. The number of hydrogen-bond donors (Lipinski definition) is 0. The molecule has 0 amide bonds. The highest BCUT2D eigenvalue weighted by Crippen LogP contribution is 2.24. The van der Waals surface area contributed by atoms with Crippen LogP contribution < -0.4 is 4.74 Å². The van der Waals surface area contributed by atoms with Crippen molar-refractivity contribution >= 4 is 0 Å². The lowest BCUT2D eigenvalue weighted by atomic mass is 10.0. The van der Waals surface area contributed by atoms with Gasteiger partial charge in [0.15, 0.2) is 0 Å². The van der Waals surface area contributed by atoms with Gasteiger partial charge in [-0.2, -0.15) is 0 Å². The summed E-state index contributed by atoms with van der Waals surface area (Å²) in [7, 11) is 0. The molecule has 0 atom stereocenters. The Morgan fingerprint density at radius 3 is 2.03 bits per heavy atom. The van der Waals surface area contributed by atoms with Crippen molar-refractivity contribution in [3.05, 3.63) is 88.5 Å². The summed E-state index contributed by atoms with van der Waals surface area (Å²) in [6.45, 7) is 6.61. The first-order chi connectivity index (χ1) is 15.5. The molecule has 0 spiro atoms. The van der Waals surface area contributed by atoms with Crippen LogP contribution in [-0.4, -0.2) is 6.61 Å². The molecular weight excluding hydrogens is 402 g/mol. The highest BCUT2D eigenvalue weighted by Gasteiger charge is 2.06. The van der Waals surface area contributed by atoms with E-state index in [9.17, 15) is 8.78 Å². The van der Waals surface area contributed by atoms with Crippen LogP contribution in [0.5, 0.6) is 5.75 Å². The third kappa shape index (κ3) is 6.44. The van der Waals surface area contributed by atoms with Crippen LogP contribution in [0.15, 0.2) is 54.6 Å². The molecule has 3 rings (SSSR count). The SMILES string of the molecule is CCCCCCCOc1ccc(C#Cc2ccc(-c3ccc(C)c(F)c3)cc2F)c(C)c1. The maximum Gasteiger partial charge on any atom is 0.139 e. The summed E-state index contributed by atoms with van der Waals surface area (Å²) in [6.07, 6.45) is 6.03. The van der Waals surface area contributed by atoms with Crippen molar-refractivity contribution in [3.8, 4) is 28.7 Å². The lowest BCUT2D eigenvalue weighted by Crippen LogP contribution is -1.98. The normalized spacial score (nSPS) is 10.5. The Labute approximate surface area is 190 Å². The molecule has 0 fully saturated rings. The Kier molecular flexibility index (Phi) is 8.45. The summed E-state index contributed by atoms with van der Waals surface area (Å²) >= 11 is 0. The van der Waals surface area contributed by atoms with Crippen LogP contribution in [0.1, 0.15) is 61.3 Å². The van der Waals surface area contributed by atoms with Gasteiger partial charge in [-0.05, 0) is 78.9 Å². The van der Waals surface area contributed by atoms with Gasteiger partial charge in [0.1, 0.15) is 17.4 Å². The zero-order chi connectivity index (χ0) is 22.9. The Morgan fingerprint density at radius 1 is 0.688 bits per heavy atom. The summed E-state index contributed by atoms with van der Waals surface area (Å²) in [4.78, 5) is 0. The Bertz CT molecular complexity index is 1120. The van der Waals surface area contributed by atoms with Gasteiger partial charge < -0.3 is 4.74 Å². The molecule has 0 aliphatic heterocycles. The third-order valence-electron chi connectivity index (χ3n) is 5.52. The van der Waals surface area contributed by atoms with Gasteiger partial charge in [-0.3, -0.25) is 0 Å². The van der Waals surface area contributed by atoms with Gasteiger partial charge in [-0.1, -0.05) is 62.6 Å². The average molecular weight is 433 g/mol. The molecule has 166 valence electrons. The number of ether oxygens (including phenoxy) is 1. The fraction of sp³-hybridized carbons (Fsp3) is 0.310. The molecule has 0 radical (unpaired) electrons. The summed E-state index contributed by atoms with van der Waals surface area (Å²) in [5.74, 6) is 6.10. The second kappa shape index (κ2) is 11.5. The van der Waals surface area contributed by atoms with E-state index >= 15 is 0 Å². The van der Waals surface area contributed by atoms with E-state index in [4.69, 9.17) is 4.74 Å². The van der Waals surface area contributed by atoms with E-state index in [-0.39, 0.29) is 5.82 Å². The first-order valence-corrected chi connectivity index (χ1v) is 11.3. The van der Waals surface area contributed by atoms with E-state index in [1.54, 1.807) is 31.2 Å². The maximum absolute atomic E-state index is 14.6. The van der Waals surface area contributed by atoms with E-state index in [2.05, 4.69) is 18.8 Å². The zero-order valence-corrected chi connectivity index (χ0v) is 19.1. The molecule has 3 aromatic rings. The molecule has 0 unspecified atom stereocenters. The van der Waals surface area contributed by atoms with E-state index in [1.165, 1.54) is 37.8 Å². The van der Waals surface area contributed by atoms with E-state index in [0.29, 0.717) is 22.3 Å². The Balaban J connectivity index is 1.66. The molecule has 0 bridgehead atoms. The van der Waals surface area contributed by atoms with Crippen LogP contribution in [0.2, 0.25) is 0 Å². The summed E-state index contributed by atoms with van der Waals surface area (Å²) < 4.78 is 34.3. The van der Waals surface area contributed by atoms with Crippen LogP contribution in [0.25, 0.3) is 11.1 Å². The maximum atomic E-state index is 14.6. The number of halogens is 2. The van der Waals surface area contributed by atoms with Gasteiger partial charge in [0.2, 0.25) is 0 Å². The van der Waals surface area contributed by atoms with Gasteiger partial charge in [0.05, 0.1) is 12.2 Å². The molecule has 0 N–H and O–H groups in total. The number of rotatable bonds is 8. The van der Waals surface area contributed by atoms with Gasteiger partial charge in [0, 0.05) is 5.56 Å². The van der Waals surface area contributed by atoms with Crippen molar-refractivity contribution in [2.75, 3.05) is 6.61 Å². The Hall–Kier alpha value is -3.12. The van der Waals surface area contributed by atoms with Gasteiger partial charge in [-0.15, -0.1) is 0 Å². The van der Waals surface area contributed by atoms with Crippen molar-refractivity contribution in [3.63, 3.8) is 0 Å². The monoisotopic (exact) mass is 432 g/mol. The number of hydrogen-bond acceptors (Lipinski definition) is 1. The highest BCUT2D eigenvalue weighted by atomic mass is 19.1. The second-order valence-corrected chi connectivity index (χ2v) is 8.15. The van der Waals surface area contributed by atoms with Gasteiger partial charge >= 0.3 is 0 Å². The van der Waals surface area contributed by atoms with E-state index in [0.717, 1.165) is 29.9 Å². The predicted octanol–water partition coefficient (Wildman–Crippen LogP) is 8.00. The zero-order valence-electron chi connectivity index (χ0n) is 19.1. The molecule has 32 heavy (non-hydrogen) atoms. The van der Waals surface area contributed by atoms with Crippen LogP contribution in [0, 0.1) is 37.3 Å². The molecule has 3 aromatic carbocycles. The highest BCUT2D eigenvalue weighted by molar-refractivity contribution is 5.65. The fourth-order valence-corrected chi connectivity index (χ4v) is 3.46. The topological polar surface area (TPSA) is 9.23 Å². The minimum atomic E-state index is -0.420. The quantitative estimate of drug-likeness (QED) is 0.259. The third-order valence-corrected chi connectivity index (χ3v) is 5.52. The summed E-state index contributed by atoms with van der Waals surface area (Å²) in [5.41, 5.74) is 3.98. The molecule has 0 heterocycles. The van der Waals surface area contributed by atoms with Crippen LogP contribution in [-0.2, 0) is 0 Å². The molecule has 0 aromatic heterocycles. The van der Waals surface area contributed by atoms with Crippen LogP contribution in [0.3, 0.4) is 0 Å². The van der Waals surface area contributed by atoms with Crippen molar-refractivity contribution < 1.29 is 13.5 Å². The molecule has 1 nitrogen and oxygen atoms in total. The van der Waals surface area contributed by atoms with Gasteiger partial charge in [0.25, 0.3) is 0 Å². The van der Waals surface area contributed by atoms with E-state index < -0.39 is 5.82 Å². The van der Waals surface area contributed by atoms with Crippen molar-refractivity contribution in [1.82, 2.24) is 0 Å². The van der Waals surface area contributed by atoms with Crippen LogP contribution >= 0.6 is 0 Å². The first kappa shape index (κ1) is 23.5. The molecule has 0 aliphatic rings. The summed E-state index contributed by atoms with van der Waals surface area (Å²) in [6, 6.07) is 15.5. The van der Waals surface area contributed by atoms with Gasteiger partial charge in [-0.25, -0.2) is 8.78 Å².